The zero-order valence-electron chi connectivity index (χ0n) is 14.2. The second-order valence-electron chi connectivity index (χ2n) is 5.77. The molecule has 28 heavy (non-hydrogen) atoms. The topological polar surface area (TPSA) is 69.2 Å². The van der Waals surface area contributed by atoms with Gasteiger partial charge in [0.1, 0.15) is 5.75 Å². The highest BCUT2D eigenvalue weighted by Crippen LogP contribution is 2.33. The summed E-state index contributed by atoms with van der Waals surface area (Å²) in [5, 5.41) is 0. The van der Waals surface area contributed by atoms with Crippen LogP contribution in [0.15, 0.2) is 64.0 Å². The van der Waals surface area contributed by atoms with Gasteiger partial charge in [-0.25, -0.2) is 8.42 Å². The average Bonchev–Trinajstić information content (AvgIpc) is 2.62. The van der Waals surface area contributed by atoms with Crippen LogP contribution in [-0.2, 0) is 16.0 Å². The summed E-state index contributed by atoms with van der Waals surface area (Å²) in [6.45, 7) is 0. The van der Waals surface area contributed by atoms with Gasteiger partial charge < -0.3 is 4.74 Å². The molecule has 1 heterocycles. The SMILES string of the molecule is CS(=O)(=O)c1ccc(-c2cc(C(F)(F)F)nc(Oc3ccc(Br)cc3)n2)cc1. The predicted octanol–water partition coefficient (Wildman–Crippen LogP) is 5.12. The molecule has 0 aliphatic carbocycles. The lowest BCUT2D eigenvalue weighted by molar-refractivity contribution is -0.141. The van der Waals surface area contributed by atoms with Crippen molar-refractivity contribution in [2.24, 2.45) is 0 Å². The van der Waals surface area contributed by atoms with Crippen molar-refractivity contribution in [3.8, 4) is 23.0 Å². The van der Waals surface area contributed by atoms with E-state index in [4.69, 9.17) is 4.74 Å². The fourth-order valence-corrected chi connectivity index (χ4v) is 3.14. The van der Waals surface area contributed by atoms with Crippen LogP contribution in [0.2, 0.25) is 0 Å². The fourth-order valence-electron chi connectivity index (χ4n) is 2.24. The molecule has 0 N–H and O–H groups in total. The van der Waals surface area contributed by atoms with Crippen LogP contribution in [-0.4, -0.2) is 24.6 Å². The van der Waals surface area contributed by atoms with Crippen molar-refractivity contribution in [3.63, 3.8) is 0 Å². The highest BCUT2D eigenvalue weighted by Gasteiger charge is 2.34. The zero-order chi connectivity index (χ0) is 20.5. The smallest absolute Gasteiger partial charge is 0.424 e. The molecule has 0 aliphatic heterocycles. The Hall–Kier alpha value is -2.46. The summed E-state index contributed by atoms with van der Waals surface area (Å²) in [6.07, 6.45) is -3.67. The van der Waals surface area contributed by atoms with E-state index in [2.05, 4.69) is 25.9 Å². The van der Waals surface area contributed by atoms with Gasteiger partial charge in [-0.05, 0) is 42.5 Å². The van der Waals surface area contributed by atoms with Gasteiger partial charge in [0.15, 0.2) is 15.5 Å². The summed E-state index contributed by atoms with van der Waals surface area (Å²) in [4.78, 5) is 7.52. The second kappa shape index (κ2) is 7.51. The number of alkyl halides is 3. The van der Waals surface area contributed by atoms with E-state index in [9.17, 15) is 21.6 Å². The third kappa shape index (κ3) is 4.87. The van der Waals surface area contributed by atoms with Gasteiger partial charge in [-0.1, -0.05) is 28.1 Å². The second-order valence-corrected chi connectivity index (χ2v) is 8.70. The minimum atomic E-state index is -4.71. The van der Waals surface area contributed by atoms with Gasteiger partial charge in [-0.2, -0.15) is 23.1 Å². The highest BCUT2D eigenvalue weighted by atomic mass is 79.9. The van der Waals surface area contributed by atoms with E-state index in [0.29, 0.717) is 5.56 Å². The van der Waals surface area contributed by atoms with Gasteiger partial charge >= 0.3 is 12.2 Å². The molecular weight excluding hydrogens is 461 g/mol. The van der Waals surface area contributed by atoms with E-state index in [1.807, 2.05) is 0 Å². The first-order valence-electron chi connectivity index (χ1n) is 7.72. The molecule has 146 valence electrons. The number of nitrogens with zero attached hydrogens (tertiary/aromatic N) is 2. The molecule has 3 aromatic rings. The first-order chi connectivity index (χ1) is 13.0. The molecular formula is C18H12BrF3N2O3S. The van der Waals surface area contributed by atoms with Crippen molar-refractivity contribution in [1.29, 1.82) is 0 Å². The summed E-state index contributed by atoms with van der Waals surface area (Å²) in [7, 11) is -3.43. The lowest BCUT2D eigenvalue weighted by Crippen LogP contribution is -2.10. The third-order valence-corrected chi connectivity index (χ3v) is 5.25. The van der Waals surface area contributed by atoms with Crippen LogP contribution in [0.5, 0.6) is 11.8 Å². The number of benzene rings is 2. The number of ether oxygens (including phenoxy) is 1. The molecule has 10 heteroatoms. The normalized spacial score (nSPS) is 12.0. The Morgan fingerprint density at radius 1 is 0.964 bits per heavy atom. The van der Waals surface area contributed by atoms with Crippen LogP contribution >= 0.6 is 15.9 Å². The molecule has 0 aliphatic rings. The Morgan fingerprint density at radius 2 is 1.57 bits per heavy atom. The Morgan fingerprint density at radius 3 is 2.11 bits per heavy atom. The van der Waals surface area contributed by atoms with Crippen molar-refractivity contribution in [2.75, 3.05) is 6.26 Å². The van der Waals surface area contributed by atoms with E-state index in [1.54, 1.807) is 24.3 Å². The van der Waals surface area contributed by atoms with Gasteiger partial charge in [0, 0.05) is 16.3 Å². The minimum Gasteiger partial charge on any atom is -0.424 e. The molecule has 0 radical (unpaired) electrons. The summed E-state index contributed by atoms with van der Waals surface area (Å²) >= 11 is 3.25. The Kier molecular flexibility index (Phi) is 5.44. The summed E-state index contributed by atoms with van der Waals surface area (Å²) in [5.41, 5.74) is -0.924. The monoisotopic (exact) mass is 472 g/mol. The molecule has 0 bridgehead atoms. The number of rotatable bonds is 4. The molecule has 1 aromatic heterocycles. The highest BCUT2D eigenvalue weighted by molar-refractivity contribution is 9.10. The van der Waals surface area contributed by atoms with E-state index >= 15 is 0 Å². The maximum absolute atomic E-state index is 13.2. The number of sulfone groups is 1. The number of hydrogen-bond donors (Lipinski definition) is 0. The molecule has 0 spiro atoms. The molecule has 0 saturated carbocycles. The summed E-state index contributed by atoms with van der Waals surface area (Å²) in [5.74, 6) is 0.265. The summed E-state index contributed by atoms with van der Waals surface area (Å²) in [6, 6.07) is 12.1. The largest absolute Gasteiger partial charge is 0.433 e. The average molecular weight is 473 g/mol. The van der Waals surface area contributed by atoms with E-state index < -0.39 is 27.7 Å². The Bertz CT molecular complexity index is 1100. The molecule has 3 rings (SSSR count). The molecule has 0 fully saturated rings. The quantitative estimate of drug-likeness (QED) is 0.526. The summed E-state index contributed by atoms with van der Waals surface area (Å²) < 4.78 is 69.0. The first kappa shape index (κ1) is 20.3. The van der Waals surface area contributed by atoms with Crippen LogP contribution in [0.25, 0.3) is 11.3 Å². The lowest BCUT2D eigenvalue weighted by Gasteiger charge is -2.11. The zero-order valence-corrected chi connectivity index (χ0v) is 16.6. The van der Waals surface area contributed by atoms with Crippen LogP contribution in [0.1, 0.15) is 5.69 Å². The van der Waals surface area contributed by atoms with Crippen LogP contribution in [0, 0.1) is 0 Å². The van der Waals surface area contributed by atoms with E-state index in [0.717, 1.165) is 16.8 Å². The van der Waals surface area contributed by atoms with Crippen molar-refractivity contribution < 1.29 is 26.3 Å². The van der Waals surface area contributed by atoms with Gasteiger partial charge in [0.25, 0.3) is 0 Å². The fraction of sp³-hybridized carbons (Fsp3) is 0.111. The van der Waals surface area contributed by atoms with Crippen LogP contribution in [0.3, 0.4) is 0 Å². The molecule has 0 saturated heterocycles. The van der Waals surface area contributed by atoms with Crippen LogP contribution < -0.4 is 4.74 Å². The van der Waals surface area contributed by atoms with Crippen molar-refractivity contribution >= 4 is 25.8 Å². The van der Waals surface area contributed by atoms with Gasteiger partial charge in [0.2, 0.25) is 0 Å². The number of halogens is 4. The molecule has 0 amide bonds. The van der Waals surface area contributed by atoms with Crippen molar-refractivity contribution in [2.45, 2.75) is 11.1 Å². The number of aromatic nitrogens is 2. The molecule has 0 unspecified atom stereocenters. The molecule has 5 nitrogen and oxygen atoms in total. The van der Waals surface area contributed by atoms with Crippen molar-refractivity contribution in [3.05, 3.63) is 64.8 Å². The Balaban J connectivity index is 2.04. The standard InChI is InChI=1S/C18H12BrF3N2O3S/c1-28(25,26)14-8-2-11(3-9-14)15-10-16(18(20,21)22)24-17(23-15)27-13-6-4-12(19)5-7-13/h2-10H,1H3. The van der Waals surface area contributed by atoms with Gasteiger partial charge in [-0.15, -0.1) is 0 Å². The maximum atomic E-state index is 13.2. The lowest BCUT2D eigenvalue weighted by atomic mass is 10.1. The number of hydrogen-bond acceptors (Lipinski definition) is 5. The minimum absolute atomic E-state index is 0.0468. The Labute approximate surface area is 167 Å². The molecule has 0 atom stereocenters. The maximum Gasteiger partial charge on any atom is 0.433 e. The van der Waals surface area contributed by atoms with E-state index in [1.165, 1.54) is 24.3 Å². The van der Waals surface area contributed by atoms with Gasteiger partial charge in [0.05, 0.1) is 10.6 Å². The molecule has 2 aromatic carbocycles. The van der Waals surface area contributed by atoms with Crippen molar-refractivity contribution in [1.82, 2.24) is 9.97 Å². The predicted molar refractivity (Wildman–Crippen MR) is 99.8 cm³/mol. The van der Waals surface area contributed by atoms with Gasteiger partial charge in [-0.3, -0.25) is 0 Å². The van der Waals surface area contributed by atoms with E-state index in [-0.39, 0.29) is 16.3 Å². The first-order valence-corrected chi connectivity index (χ1v) is 10.4. The third-order valence-electron chi connectivity index (χ3n) is 3.60. The van der Waals surface area contributed by atoms with Crippen LogP contribution in [0.4, 0.5) is 13.2 Å².